The molecule has 0 spiro atoms. The van der Waals surface area contributed by atoms with Crippen molar-refractivity contribution < 1.29 is 10.3 Å². The van der Waals surface area contributed by atoms with E-state index in [0.717, 1.165) is 13.1 Å². The Kier molecular flexibility index (Phi) is 12.8. The number of nitrogens with zero attached hydrogens (tertiary/aromatic N) is 1. The molecule has 0 bridgehead atoms. The number of hydrogen-bond acceptors (Lipinski definition) is 3. The summed E-state index contributed by atoms with van der Waals surface area (Å²) in [6, 6.07) is 0. The van der Waals surface area contributed by atoms with Gasteiger partial charge in [0, 0.05) is 13.1 Å². The van der Waals surface area contributed by atoms with Gasteiger partial charge in [-0.05, 0) is 0 Å². The molecular weight excluding hydrogens is 148 g/mol. The van der Waals surface area contributed by atoms with E-state index in [2.05, 4.69) is 18.5 Å². The Labute approximate surface area is 65.1 Å². The Morgan fingerprint density at radius 3 is 1.91 bits per heavy atom. The molecule has 0 aromatic heterocycles. The highest BCUT2D eigenvalue weighted by atomic mass is 16.9. The quantitative estimate of drug-likeness (QED) is 0.273. The van der Waals surface area contributed by atoms with Crippen LogP contribution >= 0.6 is 0 Å². The van der Waals surface area contributed by atoms with Crippen LogP contribution in [0.4, 0.5) is 0 Å². The van der Waals surface area contributed by atoms with Crippen LogP contribution in [-0.2, 0) is 0 Å². The molecule has 0 aliphatic rings. The Morgan fingerprint density at radius 1 is 1.45 bits per heavy atom. The monoisotopic (exact) mass is 160 g/mol. The second kappa shape index (κ2) is 11.4. The third-order valence-electron chi connectivity index (χ3n) is 0.577. The van der Waals surface area contributed by atoms with Crippen LogP contribution in [0.5, 0.6) is 0 Å². The fourth-order valence-electron chi connectivity index (χ4n) is 0.287. The number of nitrogens with one attached hydrogen (secondary N) is 1. The van der Waals surface area contributed by atoms with Gasteiger partial charge in [-0.25, -0.2) is 0 Å². The second-order valence-corrected chi connectivity index (χ2v) is 1.47. The Morgan fingerprint density at radius 2 is 1.73 bits per heavy atom. The summed E-state index contributed by atoms with van der Waals surface area (Å²) in [5.41, 5.74) is 0. The van der Waals surface area contributed by atoms with Gasteiger partial charge in [0.1, 0.15) is 0 Å². The highest BCUT2D eigenvalue weighted by Crippen LogP contribution is 1.59. The predicted octanol–water partition coefficient (Wildman–Crippen LogP) is 0.600. The average Bonchev–Trinajstić information content (AvgIpc) is 1.88. The van der Waals surface area contributed by atoms with Crippen LogP contribution in [0, 0.1) is 10.1 Å². The van der Waals surface area contributed by atoms with Gasteiger partial charge >= 0.3 is 0 Å². The summed E-state index contributed by atoms with van der Waals surface area (Å²) in [5.74, 6) is 0. The Balaban J connectivity index is 0. The maximum Gasteiger partial charge on any atom is 0.291 e. The fraction of sp³-hybridized carbons (Fsp3) is 0.333. The second-order valence-electron chi connectivity index (χ2n) is 1.47. The van der Waals surface area contributed by atoms with E-state index in [1.54, 1.807) is 0 Å². The van der Waals surface area contributed by atoms with Crippen molar-refractivity contribution in [1.29, 1.82) is 0 Å². The lowest BCUT2D eigenvalue weighted by Crippen LogP contribution is -2.11. The minimum absolute atomic E-state index is 0.867. The maximum absolute atomic E-state index is 8.36. The first-order valence-corrected chi connectivity index (χ1v) is 2.91. The van der Waals surface area contributed by atoms with Crippen molar-refractivity contribution in [3.8, 4) is 0 Å². The highest BCUT2D eigenvalue weighted by Gasteiger charge is 1.69. The molecule has 0 saturated carbocycles. The van der Waals surface area contributed by atoms with E-state index in [0.29, 0.717) is 0 Å². The van der Waals surface area contributed by atoms with E-state index in [1.807, 2.05) is 12.2 Å². The van der Waals surface area contributed by atoms with Crippen molar-refractivity contribution in [1.82, 2.24) is 5.32 Å². The van der Waals surface area contributed by atoms with Gasteiger partial charge < -0.3 is 10.5 Å². The number of rotatable bonds is 4. The molecule has 0 aliphatic carbocycles. The van der Waals surface area contributed by atoms with Crippen LogP contribution < -0.4 is 5.32 Å². The zero-order chi connectivity index (χ0) is 9.11. The van der Waals surface area contributed by atoms with Gasteiger partial charge in [-0.15, -0.1) is 23.3 Å². The lowest BCUT2D eigenvalue weighted by Gasteiger charge is -1.90. The third-order valence-corrected chi connectivity index (χ3v) is 0.577. The SMILES string of the molecule is C=CCNCC=C.O=[N+]([O-])O. The molecule has 0 radical (unpaired) electrons. The molecule has 2 N–H and O–H groups in total. The van der Waals surface area contributed by atoms with Crippen molar-refractivity contribution in [2.75, 3.05) is 13.1 Å². The lowest BCUT2D eigenvalue weighted by atomic mass is 10.5. The molecule has 0 aliphatic heterocycles. The molecule has 0 unspecified atom stereocenters. The molecule has 0 atom stereocenters. The van der Waals surface area contributed by atoms with Gasteiger partial charge in [-0.1, -0.05) is 12.2 Å². The van der Waals surface area contributed by atoms with Crippen LogP contribution in [0.15, 0.2) is 25.3 Å². The largest absolute Gasteiger partial charge is 0.328 e. The van der Waals surface area contributed by atoms with Crippen molar-refractivity contribution in [2.24, 2.45) is 0 Å². The summed E-state index contributed by atoms with van der Waals surface area (Å²) in [5, 5.41) is 16.7. The van der Waals surface area contributed by atoms with Crippen LogP contribution in [0.25, 0.3) is 0 Å². The minimum atomic E-state index is -1.50. The molecule has 0 saturated heterocycles. The van der Waals surface area contributed by atoms with E-state index in [4.69, 9.17) is 15.3 Å². The van der Waals surface area contributed by atoms with Crippen LogP contribution in [-0.4, -0.2) is 23.4 Å². The molecule has 5 heteroatoms. The summed E-state index contributed by atoms with van der Waals surface area (Å²) in [7, 11) is 0. The fourth-order valence-corrected chi connectivity index (χ4v) is 0.287. The zero-order valence-electron chi connectivity index (χ0n) is 6.19. The third kappa shape index (κ3) is 54.7. The summed E-state index contributed by atoms with van der Waals surface area (Å²) in [4.78, 5) is 8.36. The predicted molar refractivity (Wildman–Crippen MR) is 42.0 cm³/mol. The molecule has 0 aromatic carbocycles. The lowest BCUT2D eigenvalue weighted by molar-refractivity contribution is -0.742. The van der Waals surface area contributed by atoms with Gasteiger partial charge in [-0.2, -0.15) is 0 Å². The molecule has 64 valence electrons. The molecular formula is C6H12N2O3. The van der Waals surface area contributed by atoms with Gasteiger partial charge in [-0.3, -0.25) is 0 Å². The van der Waals surface area contributed by atoms with Crippen molar-refractivity contribution in [3.63, 3.8) is 0 Å². The van der Waals surface area contributed by atoms with Crippen molar-refractivity contribution in [2.45, 2.75) is 0 Å². The molecule has 0 rings (SSSR count). The van der Waals surface area contributed by atoms with Gasteiger partial charge in [0.15, 0.2) is 0 Å². The van der Waals surface area contributed by atoms with Crippen LogP contribution in [0.1, 0.15) is 0 Å². The molecule has 0 aromatic rings. The Hall–Kier alpha value is -1.36. The summed E-state index contributed by atoms with van der Waals surface area (Å²) >= 11 is 0. The first-order valence-electron chi connectivity index (χ1n) is 2.91. The van der Waals surface area contributed by atoms with E-state index in [1.165, 1.54) is 0 Å². The van der Waals surface area contributed by atoms with Crippen LogP contribution in [0.3, 0.4) is 0 Å². The van der Waals surface area contributed by atoms with Gasteiger partial charge in [0.25, 0.3) is 5.09 Å². The first kappa shape index (κ1) is 12.3. The summed E-state index contributed by atoms with van der Waals surface area (Å²) in [6.45, 7) is 8.81. The van der Waals surface area contributed by atoms with Crippen molar-refractivity contribution >= 4 is 0 Å². The highest BCUT2D eigenvalue weighted by molar-refractivity contribution is 4.75. The van der Waals surface area contributed by atoms with E-state index in [9.17, 15) is 0 Å². The van der Waals surface area contributed by atoms with E-state index >= 15 is 0 Å². The van der Waals surface area contributed by atoms with Gasteiger partial charge in [0.05, 0.1) is 0 Å². The van der Waals surface area contributed by atoms with Crippen LogP contribution in [0.2, 0.25) is 0 Å². The smallest absolute Gasteiger partial charge is 0.291 e. The van der Waals surface area contributed by atoms with E-state index in [-0.39, 0.29) is 0 Å². The zero-order valence-corrected chi connectivity index (χ0v) is 6.19. The standard InChI is InChI=1S/C6H11N.HNO3/c1-3-5-7-6-4-2;2-1(3)4/h3-4,7H,1-2,5-6H2;(H,2,3,4). The van der Waals surface area contributed by atoms with E-state index < -0.39 is 5.09 Å². The summed E-state index contributed by atoms with van der Waals surface area (Å²) in [6.07, 6.45) is 3.65. The molecule has 11 heavy (non-hydrogen) atoms. The average molecular weight is 160 g/mol. The first-order chi connectivity index (χ1) is 5.15. The van der Waals surface area contributed by atoms with Gasteiger partial charge in [0.2, 0.25) is 0 Å². The molecule has 0 amide bonds. The number of hydrogen-bond donors (Lipinski definition) is 2. The summed E-state index contributed by atoms with van der Waals surface area (Å²) < 4.78 is 0. The minimum Gasteiger partial charge on any atom is -0.328 e. The molecule has 5 nitrogen and oxygen atoms in total. The molecule has 0 fully saturated rings. The topological polar surface area (TPSA) is 75.4 Å². The molecule has 0 heterocycles. The van der Waals surface area contributed by atoms with Crippen molar-refractivity contribution in [3.05, 3.63) is 35.4 Å². The Bertz CT molecular complexity index is 113. The maximum atomic E-state index is 8.36. The normalized spacial score (nSPS) is 7.27.